The molecule has 1 heterocycles. The van der Waals surface area contributed by atoms with E-state index < -0.39 is 7.38 Å². The van der Waals surface area contributed by atoms with Gasteiger partial charge < -0.3 is 24.8 Å². The zero-order valence-corrected chi connectivity index (χ0v) is 16.8. The molecule has 1 aliphatic carbocycles. The standard InChI is InChI=1S/C16H15ClNSi.2ClH.Cr/c1-19(2,17)15-7-5-13(11-15)12-6-8-16-14(10-12)4-3-9-18-16;;;/h3-4,6-10H,5H2,1-2H3;2*1H;/q-1;;;+3/p-2. The second kappa shape index (κ2) is 8.54. The Labute approximate surface area is 160 Å². The Morgan fingerprint density at radius 2 is 1.91 bits per heavy atom. The molecule has 0 fully saturated rings. The summed E-state index contributed by atoms with van der Waals surface area (Å²) in [6.45, 7) is 4.28. The number of hydrogen-bond acceptors (Lipinski definition) is 1. The molecular weight excluding hydrogens is 393 g/mol. The number of hydrogen-bond donors (Lipinski definition) is 0. The zero-order valence-electron chi connectivity index (χ0n) is 12.2. The Bertz CT molecular complexity index is 708. The van der Waals surface area contributed by atoms with Crippen molar-refractivity contribution in [2.75, 3.05) is 0 Å². The van der Waals surface area contributed by atoms with Crippen molar-refractivity contribution in [1.29, 1.82) is 0 Å². The summed E-state index contributed by atoms with van der Waals surface area (Å²) in [6, 6.07) is 10.4. The maximum absolute atomic E-state index is 6.47. The van der Waals surface area contributed by atoms with Crippen molar-refractivity contribution in [3.8, 4) is 0 Å². The SMILES string of the molecule is C[Si](C)(Cl)C1=CCC(c2ccc3ncccc3c2)=[C-]1.[Cl-].[Cl-].[Cr+3]. The Kier molecular flexibility index (Phi) is 8.44. The smallest absolute Gasteiger partial charge is 1.00 e. The molecule has 0 amide bonds. The van der Waals surface area contributed by atoms with Crippen molar-refractivity contribution in [2.45, 2.75) is 19.5 Å². The van der Waals surface area contributed by atoms with E-state index in [9.17, 15) is 0 Å². The molecule has 0 saturated heterocycles. The Hall–Kier alpha value is -0.271. The van der Waals surface area contributed by atoms with Crippen LogP contribution in [0.5, 0.6) is 0 Å². The molecule has 1 radical (unpaired) electrons. The minimum atomic E-state index is -1.76. The van der Waals surface area contributed by atoms with Crippen molar-refractivity contribution in [1.82, 2.24) is 4.98 Å². The summed E-state index contributed by atoms with van der Waals surface area (Å²) in [6.07, 6.45) is 8.48. The molecule has 0 spiro atoms. The average molecular weight is 408 g/mol. The molecule has 0 N–H and O–H groups in total. The molecule has 0 aliphatic heterocycles. The van der Waals surface area contributed by atoms with Crippen molar-refractivity contribution in [2.24, 2.45) is 0 Å². The molecule has 1 nitrogen and oxygen atoms in total. The van der Waals surface area contributed by atoms with Crippen LogP contribution in [-0.2, 0) is 17.4 Å². The summed E-state index contributed by atoms with van der Waals surface area (Å²) < 4.78 is 0. The fourth-order valence-corrected chi connectivity index (χ4v) is 3.72. The third-order valence-electron chi connectivity index (χ3n) is 3.39. The quantitative estimate of drug-likeness (QED) is 0.344. The second-order valence-corrected chi connectivity index (χ2v) is 11.6. The molecule has 1 aromatic carbocycles. The number of nitrogens with zero attached hydrogens (tertiary/aromatic N) is 1. The number of fused-ring (bicyclic) bond motifs is 1. The molecule has 0 unspecified atom stereocenters. The zero-order chi connectivity index (χ0) is 13.5. The van der Waals surface area contributed by atoms with E-state index >= 15 is 0 Å². The van der Waals surface area contributed by atoms with Gasteiger partial charge in [-0.3, -0.25) is 4.98 Å². The van der Waals surface area contributed by atoms with Gasteiger partial charge in [0, 0.05) is 6.20 Å². The molecular formula is C16H15Cl3CrNSi. The van der Waals surface area contributed by atoms with Crippen molar-refractivity contribution in [3.05, 3.63) is 59.4 Å². The maximum Gasteiger partial charge on any atom is 3.00 e. The molecule has 0 bridgehead atoms. The van der Waals surface area contributed by atoms with Gasteiger partial charge in [-0.25, -0.2) is 0 Å². The van der Waals surface area contributed by atoms with E-state index in [1.54, 1.807) is 0 Å². The number of pyridine rings is 1. The third kappa shape index (κ3) is 4.61. The van der Waals surface area contributed by atoms with Crippen molar-refractivity contribution in [3.63, 3.8) is 0 Å². The van der Waals surface area contributed by atoms with E-state index in [1.165, 1.54) is 21.7 Å². The summed E-state index contributed by atoms with van der Waals surface area (Å²) in [5.74, 6) is 0. The average Bonchev–Trinajstić information content (AvgIpc) is 2.87. The van der Waals surface area contributed by atoms with Crippen LogP contribution < -0.4 is 24.8 Å². The van der Waals surface area contributed by atoms with Gasteiger partial charge in [-0.2, -0.15) is 34.0 Å². The topological polar surface area (TPSA) is 12.9 Å². The van der Waals surface area contributed by atoms with Gasteiger partial charge >= 0.3 is 17.4 Å². The molecule has 2 aromatic rings. The van der Waals surface area contributed by atoms with E-state index in [0.717, 1.165) is 11.9 Å². The maximum atomic E-state index is 6.47. The molecule has 115 valence electrons. The van der Waals surface area contributed by atoms with Crippen molar-refractivity contribution >= 4 is 34.9 Å². The third-order valence-corrected chi connectivity index (χ3v) is 5.61. The van der Waals surface area contributed by atoms with Crippen LogP contribution in [0.25, 0.3) is 16.5 Å². The summed E-state index contributed by atoms with van der Waals surface area (Å²) >= 11 is 6.47. The van der Waals surface area contributed by atoms with Gasteiger partial charge in [0.15, 0.2) is 7.38 Å². The summed E-state index contributed by atoms with van der Waals surface area (Å²) in [4.78, 5) is 4.35. The summed E-state index contributed by atoms with van der Waals surface area (Å²) in [5.41, 5.74) is 3.49. The molecule has 0 saturated carbocycles. The second-order valence-electron chi connectivity index (χ2n) is 5.31. The van der Waals surface area contributed by atoms with Crippen LogP contribution in [0.15, 0.2) is 47.8 Å². The first kappa shape index (κ1) is 21.7. The van der Waals surface area contributed by atoms with Crippen molar-refractivity contribution < 1.29 is 42.2 Å². The first-order chi connectivity index (χ1) is 9.04. The number of halogens is 3. The van der Waals surface area contributed by atoms with E-state index in [1.807, 2.05) is 12.3 Å². The molecule has 22 heavy (non-hydrogen) atoms. The first-order valence-electron chi connectivity index (χ1n) is 6.41. The number of rotatable bonds is 2. The van der Waals surface area contributed by atoms with Gasteiger partial charge in [0.1, 0.15) is 0 Å². The normalized spacial score (nSPS) is 13.4. The van der Waals surface area contributed by atoms with Gasteiger partial charge in [0.2, 0.25) is 0 Å². The molecule has 3 rings (SSSR count). The molecule has 0 atom stereocenters. The van der Waals surface area contributed by atoms with Gasteiger partial charge in [-0.15, -0.1) is 17.7 Å². The van der Waals surface area contributed by atoms with Gasteiger partial charge in [0.25, 0.3) is 0 Å². The number of aromatic nitrogens is 1. The Balaban J connectivity index is 0.00000147. The minimum absolute atomic E-state index is 0. The number of benzene rings is 1. The van der Waals surface area contributed by atoms with Gasteiger partial charge in [-0.1, -0.05) is 25.6 Å². The fraction of sp³-hybridized carbons (Fsp3) is 0.188. The minimum Gasteiger partial charge on any atom is -1.00 e. The van der Waals surface area contributed by atoms with Gasteiger partial charge in [0.05, 0.1) is 5.52 Å². The molecule has 1 aliphatic rings. The van der Waals surface area contributed by atoms with Crippen LogP contribution in [0, 0.1) is 6.08 Å². The van der Waals surface area contributed by atoms with Crippen LogP contribution in [0.2, 0.25) is 13.1 Å². The Morgan fingerprint density at radius 3 is 2.55 bits per heavy atom. The largest absolute Gasteiger partial charge is 3.00 e. The predicted molar refractivity (Wildman–Crippen MR) is 84.4 cm³/mol. The van der Waals surface area contributed by atoms with Gasteiger partial charge in [-0.05, 0) is 17.5 Å². The Morgan fingerprint density at radius 1 is 1.18 bits per heavy atom. The summed E-state index contributed by atoms with van der Waals surface area (Å²) in [7, 11) is -1.76. The van der Waals surface area contributed by atoms with E-state index in [0.29, 0.717) is 0 Å². The predicted octanol–water partition coefficient (Wildman–Crippen LogP) is -1.26. The van der Waals surface area contributed by atoms with E-state index in [4.69, 9.17) is 11.1 Å². The van der Waals surface area contributed by atoms with E-state index in [2.05, 4.69) is 54.5 Å². The van der Waals surface area contributed by atoms with Crippen LogP contribution in [-0.4, -0.2) is 12.4 Å². The number of allylic oxidation sites excluding steroid dienone is 4. The van der Waals surface area contributed by atoms with Crippen LogP contribution in [0.4, 0.5) is 0 Å². The molecule has 6 heteroatoms. The monoisotopic (exact) mass is 406 g/mol. The summed E-state index contributed by atoms with van der Waals surface area (Å²) in [5, 5.41) is 2.39. The first-order valence-corrected chi connectivity index (χ1v) is 10.4. The fourth-order valence-electron chi connectivity index (χ4n) is 2.31. The van der Waals surface area contributed by atoms with Crippen LogP contribution in [0.3, 0.4) is 0 Å². The molecule has 1 aromatic heterocycles. The van der Waals surface area contributed by atoms with Crippen LogP contribution >= 0.6 is 11.1 Å². The van der Waals surface area contributed by atoms with Crippen LogP contribution in [0.1, 0.15) is 12.0 Å². The van der Waals surface area contributed by atoms with E-state index in [-0.39, 0.29) is 42.2 Å².